The molecule has 0 radical (unpaired) electrons. The summed E-state index contributed by atoms with van der Waals surface area (Å²) in [6.45, 7) is 3.28. The summed E-state index contributed by atoms with van der Waals surface area (Å²) in [6.07, 6.45) is 2.94. The van der Waals surface area contributed by atoms with Crippen molar-refractivity contribution in [3.63, 3.8) is 0 Å². The van der Waals surface area contributed by atoms with Gasteiger partial charge in [-0.05, 0) is 30.0 Å². The van der Waals surface area contributed by atoms with Crippen molar-refractivity contribution in [3.05, 3.63) is 42.1 Å². The van der Waals surface area contributed by atoms with Gasteiger partial charge in [0.2, 0.25) is 5.95 Å². The van der Waals surface area contributed by atoms with E-state index in [4.69, 9.17) is 0 Å². The summed E-state index contributed by atoms with van der Waals surface area (Å²) in [5, 5.41) is 2.99. The van der Waals surface area contributed by atoms with E-state index in [2.05, 4.69) is 51.4 Å². The van der Waals surface area contributed by atoms with Gasteiger partial charge in [-0.2, -0.15) is 4.98 Å². The normalized spacial score (nSPS) is 18.0. The molecule has 1 aromatic carbocycles. The van der Waals surface area contributed by atoms with Gasteiger partial charge >= 0.3 is 0 Å². The third-order valence-corrected chi connectivity index (χ3v) is 3.49. The van der Waals surface area contributed by atoms with Crippen LogP contribution in [0.1, 0.15) is 12.5 Å². The average Bonchev–Trinajstić information content (AvgIpc) is 2.46. The Balaban J connectivity index is 2.04. The third-order valence-electron chi connectivity index (χ3n) is 3.49. The van der Waals surface area contributed by atoms with Crippen LogP contribution in [-0.2, 0) is 6.42 Å². The fourth-order valence-electron chi connectivity index (χ4n) is 2.63. The third kappa shape index (κ3) is 2.26. The highest BCUT2D eigenvalue weighted by molar-refractivity contribution is 5.66. The molecule has 0 bridgehead atoms. The van der Waals surface area contributed by atoms with Crippen LogP contribution in [0.3, 0.4) is 0 Å². The lowest BCUT2D eigenvalue weighted by Gasteiger charge is -2.34. The molecule has 1 aromatic heterocycles. The van der Waals surface area contributed by atoms with Gasteiger partial charge in [0.25, 0.3) is 0 Å². The predicted molar refractivity (Wildman–Crippen MR) is 77.9 cm³/mol. The van der Waals surface area contributed by atoms with Crippen LogP contribution in [0.4, 0.5) is 17.5 Å². The second kappa shape index (κ2) is 4.88. The van der Waals surface area contributed by atoms with Crippen LogP contribution in [0.15, 0.2) is 36.5 Å². The molecule has 3 rings (SSSR count). The molecule has 1 aliphatic rings. The lowest BCUT2D eigenvalue weighted by molar-refractivity contribution is 0.560. The smallest absolute Gasteiger partial charge is 0.224 e. The molecule has 4 heteroatoms. The Bertz CT molecular complexity index is 582. The van der Waals surface area contributed by atoms with Gasteiger partial charge in [0.05, 0.1) is 0 Å². The molecular formula is C15H18N4. The minimum absolute atomic E-state index is 0.628. The second-order valence-electron chi connectivity index (χ2n) is 5.04. The molecule has 1 N–H and O–H groups in total. The van der Waals surface area contributed by atoms with E-state index in [9.17, 15) is 0 Å². The molecule has 0 spiro atoms. The van der Waals surface area contributed by atoms with Crippen molar-refractivity contribution in [2.45, 2.75) is 13.3 Å². The molecule has 4 nitrogen and oxygen atoms in total. The molecule has 0 amide bonds. The van der Waals surface area contributed by atoms with E-state index in [0.29, 0.717) is 11.9 Å². The maximum Gasteiger partial charge on any atom is 0.224 e. The van der Waals surface area contributed by atoms with E-state index < -0.39 is 0 Å². The summed E-state index contributed by atoms with van der Waals surface area (Å²) in [7, 11) is 1.84. The zero-order valence-electron chi connectivity index (χ0n) is 11.3. The number of aromatic nitrogens is 2. The van der Waals surface area contributed by atoms with Crippen molar-refractivity contribution < 1.29 is 0 Å². The van der Waals surface area contributed by atoms with Crippen molar-refractivity contribution >= 4 is 17.5 Å². The van der Waals surface area contributed by atoms with Gasteiger partial charge in [-0.1, -0.05) is 25.1 Å². The number of hydrogen-bond acceptors (Lipinski definition) is 4. The average molecular weight is 254 g/mol. The molecule has 1 atom stereocenters. The summed E-state index contributed by atoms with van der Waals surface area (Å²) >= 11 is 0. The summed E-state index contributed by atoms with van der Waals surface area (Å²) in [6, 6.07) is 10.5. The van der Waals surface area contributed by atoms with Crippen molar-refractivity contribution in [2.75, 3.05) is 23.8 Å². The van der Waals surface area contributed by atoms with Gasteiger partial charge in [-0.25, -0.2) is 4.98 Å². The minimum Gasteiger partial charge on any atom is -0.357 e. The van der Waals surface area contributed by atoms with Gasteiger partial charge in [0.15, 0.2) is 0 Å². The summed E-state index contributed by atoms with van der Waals surface area (Å²) in [5.74, 6) is 2.24. The lowest BCUT2D eigenvalue weighted by atomic mass is 9.94. The number of benzene rings is 1. The van der Waals surface area contributed by atoms with Gasteiger partial charge in [0.1, 0.15) is 5.82 Å². The van der Waals surface area contributed by atoms with E-state index in [1.165, 1.54) is 11.3 Å². The molecule has 1 aliphatic heterocycles. The Morgan fingerprint density at radius 2 is 2.11 bits per heavy atom. The monoisotopic (exact) mass is 254 g/mol. The lowest BCUT2D eigenvalue weighted by Crippen LogP contribution is -2.31. The van der Waals surface area contributed by atoms with Crippen LogP contribution in [0.5, 0.6) is 0 Å². The van der Waals surface area contributed by atoms with Crippen LogP contribution in [-0.4, -0.2) is 23.6 Å². The van der Waals surface area contributed by atoms with Gasteiger partial charge < -0.3 is 10.2 Å². The first-order valence-corrected chi connectivity index (χ1v) is 6.64. The molecule has 0 saturated heterocycles. The van der Waals surface area contributed by atoms with E-state index in [-0.39, 0.29) is 0 Å². The Hall–Kier alpha value is -2.10. The maximum absolute atomic E-state index is 4.55. The van der Waals surface area contributed by atoms with Crippen LogP contribution in [0.2, 0.25) is 0 Å². The minimum atomic E-state index is 0.628. The highest BCUT2D eigenvalue weighted by atomic mass is 15.2. The molecule has 0 saturated carbocycles. The van der Waals surface area contributed by atoms with Gasteiger partial charge in [0, 0.05) is 25.5 Å². The summed E-state index contributed by atoms with van der Waals surface area (Å²) in [5.41, 5.74) is 2.66. The quantitative estimate of drug-likeness (QED) is 0.894. The molecule has 0 aliphatic carbocycles. The SMILES string of the molecule is CNc1nccc(N2CC(C)Cc3ccccc32)n1. The number of fused-ring (bicyclic) bond motifs is 1. The first-order chi connectivity index (χ1) is 9.28. The zero-order valence-corrected chi connectivity index (χ0v) is 11.3. The molecule has 0 fully saturated rings. The highest BCUT2D eigenvalue weighted by Gasteiger charge is 2.23. The summed E-state index contributed by atoms with van der Waals surface area (Å²) in [4.78, 5) is 11.0. The molecule has 1 unspecified atom stereocenters. The largest absolute Gasteiger partial charge is 0.357 e. The number of para-hydroxylation sites is 1. The highest BCUT2D eigenvalue weighted by Crippen LogP contribution is 2.34. The van der Waals surface area contributed by atoms with Crippen molar-refractivity contribution in [1.82, 2.24) is 9.97 Å². The zero-order chi connectivity index (χ0) is 13.2. The number of nitrogens with zero attached hydrogens (tertiary/aromatic N) is 3. The van der Waals surface area contributed by atoms with E-state index >= 15 is 0 Å². The number of hydrogen-bond donors (Lipinski definition) is 1. The van der Waals surface area contributed by atoms with Crippen LogP contribution in [0.25, 0.3) is 0 Å². The maximum atomic E-state index is 4.55. The Morgan fingerprint density at radius 3 is 2.95 bits per heavy atom. The van der Waals surface area contributed by atoms with Crippen LogP contribution < -0.4 is 10.2 Å². The first-order valence-electron chi connectivity index (χ1n) is 6.64. The van der Waals surface area contributed by atoms with Crippen molar-refractivity contribution in [1.29, 1.82) is 0 Å². The second-order valence-corrected chi connectivity index (χ2v) is 5.04. The molecule has 2 heterocycles. The van der Waals surface area contributed by atoms with Crippen molar-refractivity contribution in [2.24, 2.45) is 5.92 Å². The molecular weight excluding hydrogens is 236 g/mol. The number of nitrogens with one attached hydrogen (secondary N) is 1. The number of rotatable bonds is 2. The van der Waals surface area contributed by atoms with E-state index in [1.54, 1.807) is 6.20 Å². The van der Waals surface area contributed by atoms with E-state index in [0.717, 1.165) is 18.8 Å². The fourth-order valence-corrected chi connectivity index (χ4v) is 2.63. The fraction of sp³-hybridized carbons (Fsp3) is 0.333. The molecule has 98 valence electrons. The predicted octanol–water partition coefficient (Wildman–Crippen LogP) is 2.85. The topological polar surface area (TPSA) is 41.1 Å². The van der Waals surface area contributed by atoms with Gasteiger partial charge in [-0.3, -0.25) is 0 Å². The number of anilines is 3. The molecule has 19 heavy (non-hydrogen) atoms. The van der Waals surface area contributed by atoms with E-state index in [1.807, 2.05) is 13.1 Å². The summed E-state index contributed by atoms with van der Waals surface area (Å²) < 4.78 is 0. The van der Waals surface area contributed by atoms with Crippen LogP contribution in [0, 0.1) is 5.92 Å². The Morgan fingerprint density at radius 1 is 1.26 bits per heavy atom. The first kappa shape index (κ1) is 12.0. The van der Waals surface area contributed by atoms with Gasteiger partial charge in [-0.15, -0.1) is 0 Å². The Kier molecular flexibility index (Phi) is 3.07. The standard InChI is InChI=1S/C15H18N4/c1-11-9-12-5-3-4-6-13(12)19(10-11)14-7-8-17-15(16-2)18-14/h3-8,11H,9-10H2,1-2H3,(H,16,17,18). The van der Waals surface area contributed by atoms with Crippen molar-refractivity contribution in [3.8, 4) is 0 Å². The Labute approximate surface area is 113 Å². The molecule has 2 aromatic rings. The van der Waals surface area contributed by atoms with Crippen LogP contribution >= 0.6 is 0 Å².